The molecule has 0 aromatic heterocycles. The number of benzene rings is 4. The van der Waals surface area contributed by atoms with Crippen LogP contribution in [0.4, 0.5) is 0 Å². The predicted octanol–water partition coefficient (Wildman–Crippen LogP) is 5.91. The molecule has 31 heavy (non-hydrogen) atoms. The monoisotopic (exact) mass is 407 g/mol. The lowest BCUT2D eigenvalue weighted by Crippen LogP contribution is -2.26. The first-order chi connectivity index (χ1) is 15.3. The molecule has 0 saturated heterocycles. The standard InChI is InChI=1S/C28H25NO2/c30-28(29-19-18-22-10-4-1-5-11-22)27-20-25(31-21-23-12-6-2-7-13-23)16-17-26(27)24-14-8-3-9-15-24/h1-17,20H,18-19,21H2,(H,29,30). The van der Waals surface area contributed by atoms with E-state index in [1.54, 1.807) is 0 Å². The van der Waals surface area contributed by atoms with Crippen molar-refractivity contribution < 1.29 is 9.53 Å². The zero-order valence-electron chi connectivity index (χ0n) is 17.3. The van der Waals surface area contributed by atoms with Crippen molar-refractivity contribution in [3.8, 4) is 16.9 Å². The highest BCUT2D eigenvalue weighted by Crippen LogP contribution is 2.28. The second kappa shape index (κ2) is 10.3. The number of carbonyl (C=O) groups is 1. The second-order valence-corrected chi connectivity index (χ2v) is 7.34. The molecule has 154 valence electrons. The molecule has 0 heterocycles. The molecule has 0 bridgehead atoms. The number of carbonyl (C=O) groups excluding carboxylic acids is 1. The molecular formula is C28H25NO2. The molecule has 0 aliphatic rings. The van der Waals surface area contributed by atoms with Gasteiger partial charge in [0, 0.05) is 6.54 Å². The van der Waals surface area contributed by atoms with Crippen LogP contribution in [-0.2, 0) is 13.0 Å². The van der Waals surface area contributed by atoms with Crippen molar-refractivity contribution in [1.29, 1.82) is 0 Å². The summed E-state index contributed by atoms with van der Waals surface area (Å²) in [7, 11) is 0. The van der Waals surface area contributed by atoms with E-state index >= 15 is 0 Å². The van der Waals surface area contributed by atoms with Gasteiger partial charge in [-0.2, -0.15) is 0 Å². The molecule has 4 rings (SSSR count). The Morgan fingerprint density at radius 2 is 1.32 bits per heavy atom. The molecule has 0 aliphatic heterocycles. The van der Waals surface area contributed by atoms with Crippen molar-refractivity contribution in [2.75, 3.05) is 6.54 Å². The molecule has 4 aromatic carbocycles. The summed E-state index contributed by atoms with van der Waals surface area (Å²) in [4.78, 5) is 13.1. The van der Waals surface area contributed by atoms with Crippen LogP contribution >= 0.6 is 0 Å². The summed E-state index contributed by atoms with van der Waals surface area (Å²) in [6, 6.07) is 35.8. The zero-order valence-corrected chi connectivity index (χ0v) is 17.3. The van der Waals surface area contributed by atoms with E-state index in [9.17, 15) is 4.79 Å². The van der Waals surface area contributed by atoms with Gasteiger partial charge in [0.1, 0.15) is 12.4 Å². The first-order valence-electron chi connectivity index (χ1n) is 10.5. The van der Waals surface area contributed by atoms with Crippen LogP contribution in [0.3, 0.4) is 0 Å². The topological polar surface area (TPSA) is 38.3 Å². The Hall–Kier alpha value is -3.85. The highest BCUT2D eigenvalue weighted by atomic mass is 16.5. The maximum atomic E-state index is 13.1. The Kier molecular flexibility index (Phi) is 6.76. The molecule has 1 amide bonds. The minimum absolute atomic E-state index is 0.0973. The van der Waals surface area contributed by atoms with Gasteiger partial charge in [-0.1, -0.05) is 91.0 Å². The first-order valence-corrected chi connectivity index (χ1v) is 10.5. The predicted molar refractivity (Wildman–Crippen MR) is 125 cm³/mol. The molecule has 3 heteroatoms. The van der Waals surface area contributed by atoms with Crippen molar-refractivity contribution in [1.82, 2.24) is 5.32 Å². The molecule has 0 aliphatic carbocycles. The van der Waals surface area contributed by atoms with Crippen LogP contribution in [0.2, 0.25) is 0 Å². The van der Waals surface area contributed by atoms with Crippen LogP contribution < -0.4 is 10.1 Å². The van der Waals surface area contributed by atoms with E-state index in [1.165, 1.54) is 5.56 Å². The quantitative estimate of drug-likeness (QED) is 0.395. The van der Waals surface area contributed by atoms with Gasteiger partial charge < -0.3 is 10.1 Å². The minimum atomic E-state index is -0.0973. The number of hydrogen-bond acceptors (Lipinski definition) is 2. The van der Waals surface area contributed by atoms with Crippen molar-refractivity contribution in [2.45, 2.75) is 13.0 Å². The molecule has 0 spiro atoms. The summed E-state index contributed by atoms with van der Waals surface area (Å²) in [5.41, 5.74) is 4.80. The number of rotatable bonds is 8. The lowest BCUT2D eigenvalue weighted by molar-refractivity contribution is 0.0954. The Morgan fingerprint density at radius 1 is 0.710 bits per heavy atom. The Labute approximate surface area is 183 Å². The lowest BCUT2D eigenvalue weighted by atomic mass is 9.98. The van der Waals surface area contributed by atoms with E-state index in [2.05, 4.69) is 17.4 Å². The van der Waals surface area contributed by atoms with Gasteiger partial charge in [0.25, 0.3) is 5.91 Å². The molecule has 0 atom stereocenters. The second-order valence-electron chi connectivity index (χ2n) is 7.34. The van der Waals surface area contributed by atoms with Crippen LogP contribution in [0.5, 0.6) is 5.75 Å². The summed E-state index contributed by atoms with van der Waals surface area (Å²) in [5.74, 6) is 0.580. The molecule has 0 unspecified atom stereocenters. The fourth-order valence-corrected chi connectivity index (χ4v) is 3.47. The lowest BCUT2D eigenvalue weighted by Gasteiger charge is -2.14. The number of hydrogen-bond donors (Lipinski definition) is 1. The average molecular weight is 408 g/mol. The fourth-order valence-electron chi connectivity index (χ4n) is 3.47. The molecular weight excluding hydrogens is 382 g/mol. The first kappa shape index (κ1) is 20.4. The number of ether oxygens (including phenoxy) is 1. The molecule has 1 N–H and O–H groups in total. The van der Waals surface area contributed by atoms with Crippen LogP contribution in [0.25, 0.3) is 11.1 Å². The fraction of sp³-hybridized carbons (Fsp3) is 0.107. The third kappa shape index (κ3) is 5.61. The molecule has 3 nitrogen and oxygen atoms in total. The van der Waals surface area contributed by atoms with Crippen LogP contribution in [0, 0.1) is 0 Å². The highest BCUT2D eigenvalue weighted by Gasteiger charge is 2.14. The van der Waals surface area contributed by atoms with Gasteiger partial charge in [-0.05, 0) is 46.9 Å². The van der Waals surface area contributed by atoms with Gasteiger partial charge >= 0.3 is 0 Å². The van der Waals surface area contributed by atoms with Crippen LogP contribution in [0.1, 0.15) is 21.5 Å². The summed E-state index contributed by atoms with van der Waals surface area (Å²) >= 11 is 0. The van der Waals surface area contributed by atoms with Crippen molar-refractivity contribution >= 4 is 5.91 Å². The SMILES string of the molecule is O=C(NCCc1ccccc1)c1cc(OCc2ccccc2)ccc1-c1ccccc1. The Bertz CT molecular complexity index is 1110. The van der Waals surface area contributed by atoms with E-state index in [0.717, 1.165) is 23.1 Å². The third-order valence-electron chi connectivity index (χ3n) is 5.11. The largest absolute Gasteiger partial charge is 0.489 e. The normalized spacial score (nSPS) is 10.5. The maximum absolute atomic E-state index is 13.1. The van der Waals surface area contributed by atoms with Crippen molar-refractivity contribution in [2.24, 2.45) is 0 Å². The van der Waals surface area contributed by atoms with E-state index in [-0.39, 0.29) is 5.91 Å². The van der Waals surface area contributed by atoms with Gasteiger partial charge in [0.05, 0.1) is 5.56 Å². The van der Waals surface area contributed by atoms with Crippen molar-refractivity contribution in [3.05, 3.63) is 126 Å². The average Bonchev–Trinajstić information content (AvgIpc) is 2.84. The molecule has 0 fully saturated rings. The van der Waals surface area contributed by atoms with Gasteiger partial charge in [0.2, 0.25) is 0 Å². The zero-order chi connectivity index (χ0) is 21.3. The van der Waals surface area contributed by atoms with E-state index < -0.39 is 0 Å². The maximum Gasteiger partial charge on any atom is 0.252 e. The number of nitrogens with one attached hydrogen (secondary N) is 1. The summed E-state index contributed by atoms with van der Waals surface area (Å²) < 4.78 is 5.97. The smallest absolute Gasteiger partial charge is 0.252 e. The summed E-state index contributed by atoms with van der Waals surface area (Å²) in [6.45, 7) is 1.03. The molecule has 4 aromatic rings. The van der Waals surface area contributed by atoms with Gasteiger partial charge in [-0.15, -0.1) is 0 Å². The molecule has 0 saturated carbocycles. The summed E-state index contributed by atoms with van der Waals surface area (Å²) in [6.07, 6.45) is 0.789. The van der Waals surface area contributed by atoms with Crippen LogP contribution in [-0.4, -0.2) is 12.5 Å². The van der Waals surface area contributed by atoms with E-state index in [4.69, 9.17) is 4.74 Å². The van der Waals surface area contributed by atoms with E-state index in [1.807, 2.05) is 97.1 Å². The number of amides is 1. The van der Waals surface area contributed by atoms with Gasteiger partial charge in [-0.25, -0.2) is 0 Å². The van der Waals surface area contributed by atoms with Crippen molar-refractivity contribution in [3.63, 3.8) is 0 Å². The Morgan fingerprint density at radius 3 is 2.00 bits per heavy atom. The molecule has 0 radical (unpaired) electrons. The van der Waals surface area contributed by atoms with E-state index in [0.29, 0.717) is 24.5 Å². The highest BCUT2D eigenvalue weighted by molar-refractivity contribution is 6.01. The van der Waals surface area contributed by atoms with Gasteiger partial charge in [0.15, 0.2) is 0 Å². The van der Waals surface area contributed by atoms with Crippen LogP contribution in [0.15, 0.2) is 109 Å². The third-order valence-corrected chi connectivity index (χ3v) is 5.11. The minimum Gasteiger partial charge on any atom is -0.489 e. The van der Waals surface area contributed by atoms with Gasteiger partial charge in [-0.3, -0.25) is 4.79 Å². The summed E-state index contributed by atoms with van der Waals surface area (Å²) in [5, 5.41) is 3.06. The Balaban J connectivity index is 1.52.